The van der Waals surface area contributed by atoms with E-state index in [2.05, 4.69) is 5.32 Å². The summed E-state index contributed by atoms with van der Waals surface area (Å²) in [7, 11) is 0. The summed E-state index contributed by atoms with van der Waals surface area (Å²) in [6.45, 7) is 5.83. The van der Waals surface area contributed by atoms with E-state index in [9.17, 15) is 14.0 Å². The van der Waals surface area contributed by atoms with Crippen LogP contribution in [0.4, 0.5) is 9.18 Å². The lowest BCUT2D eigenvalue weighted by atomic mass is 9.92. The SMILES string of the molecule is CC(C)(C)OC(=O)N[C@@H](Cc1ccc(OCc2ccccc2)cc1)[C@@H]1C[C@@H](Cc2ccccc2F)C(=O)O1. The summed E-state index contributed by atoms with van der Waals surface area (Å²) in [5, 5.41) is 2.90. The van der Waals surface area contributed by atoms with Crippen LogP contribution in [0.15, 0.2) is 78.9 Å². The van der Waals surface area contributed by atoms with Crippen LogP contribution in [0.1, 0.15) is 43.9 Å². The van der Waals surface area contributed by atoms with Gasteiger partial charge in [0.2, 0.25) is 0 Å². The molecule has 0 aromatic heterocycles. The minimum atomic E-state index is -0.675. The standard InChI is InChI=1S/C31H34FNO5/c1-31(2,3)38-30(35)33-27(28-19-24(29(34)37-28)18-23-11-7-8-12-26(23)32)17-21-13-15-25(16-14-21)36-20-22-9-5-4-6-10-22/h4-16,24,27-28H,17-20H2,1-3H3,(H,33,35)/t24-,27+,28+/m1/s1. The zero-order valence-electron chi connectivity index (χ0n) is 22.0. The summed E-state index contributed by atoms with van der Waals surface area (Å²) in [5.41, 5.74) is 1.81. The third-order valence-electron chi connectivity index (χ3n) is 6.32. The lowest BCUT2D eigenvalue weighted by Crippen LogP contribution is -2.46. The van der Waals surface area contributed by atoms with E-state index >= 15 is 0 Å². The monoisotopic (exact) mass is 519 g/mol. The fourth-order valence-electron chi connectivity index (χ4n) is 4.46. The molecule has 0 radical (unpaired) electrons. The van der Waals surface area contributed by atoms with E-state index in [0.29, 0.717) is 25.0 Å². The lowest BCUT2D eigenvalue weighted by molar-refractivity contribution is -0.145. The highest BCUT2D eigenvalue weighted by Gasteiger charge is 2.40. The molecule has 4 rings (SSSR count). The minimum Gasteiger partial charge on any atom is -0.489 e. The largest absolute Gasteiger partial charge is 0.489 e. The molecule has 0 bridgehead atoms. The maximum absolute atomic E-state index is 14.2. The van der Waals surface area contributed by atoms with Crippen LogP contribution in [0.3, 0.4) is 0 Å². The average Bonchev–Trinajstić information content (AvgIpc) is 3.24. The molecule has 1 aliphatic rings. The zero-order valence-corrected chi connectivity index (χ0v) is 22.0. The van der Waals surface area contributed by atoms with Gasteiger partial charge in [-0.3, -0.25) is 4.79 Å². The molecule has 1 heterocycles. The molecule has 3 aromatic carbocycles. The minimum absolute atomic E-state index is 0.245. The van der Waals surface area contributed by atoms with Crippen LogP contribution in [0.2, 0.25) is 0 Å². The van der Waals surface area contributed by atoms with Gasteiger partial charge in [0.15, 0.2) is 0 Å². The smallest absolute Gasteiger partial charge is 0.408 e. The van der Waals surface area contributed by atoms with Gasteiger partial charge >= 0.3 is 12.1 Å². The molecular formula is C31H34FNO5. The quantitative estimate of drug-likeness (QED) is 0.350. The topological polar surface area (TPSA) is 73.9 Å². The maximum atomic E-state index is 14.2. The van der Waals surface area contributed by atoms with E-state index < -0.39 is 29.8 Å². The first-order chi connectivity index (χ1) is 18.2. The van der Waals surface area contributed by atoms with Crippen LogP contribution in [0, 0.1) is 11.7 Å². The van der Waals surface area contributed by atoms with E-state index in [1.165, 1.54) is 6.07 Å². The van der Waals surface area contributed by atoms with Crippen molar-refractivity contribution in [2.45, 2.75) is 64.4 Å². The maximum Gasteiger partial charge on any atom is 0.408 e. The Morgan fingerprint density at radius 3 is 2.37 bits per heavy atom. The fraction of sp³-hybridized carbons (Fsp3) is 0.355. The van der Waals surface area contributed by atoms with Crippen molar-refractivity contribution < 1.29 is 28.2 Å². The second-order valence-corrected chi connectivity index (χ2v) is 10.6. The highest BCUT2D eigenvalue weighted by molar-refractivity contribution is 5.75. The van der Waals surface area contributed by atoms with Crippen molar-refractivity contribution in [2.75, 3.05) is 0 Å². The highest BCUT2D eigenvalue weighted by atomic mass is 19.1. The molecule has 1 fully saturated rings. The van der Waals surface area contributed by atoms with E-state index in [1.807, 2.05) is 54.6 Å². The van der Waals surface area contributed by atoms with Crippen molar-refractivity contribution in [3.63, 3.8) is 0 Å². The number of hydrogen-bond donors (Lipinski definition) is 1. The molecule has 0 unspecified atom stereocenters. The molecule has 38 heavy (non-hydrogen) atoms. The van der Waals surface area contributed by atoms with Crippen LogP contribution < -0.4 is 10.1 Å². The summed E-state index contributed by atoms with van der Waals surface area (Å²) in [6, 6.07) is 23.4. The van der Waals surface area contributed by atoms with Gasteiger partial charge in [0.1, 0.15) is 29.9 Å². The van der Waals surface area contributed by atoms with Crippen LogP contribution in [0.25, 0.3) is 0 Å². The predicted molar refractivity (Wildman–Crippen MR) is 142 cm³/mol. The van der Waals surface area contributed by atoms with Gasteiger partial charge in [-0.15, -0.1) is 0 Å². The third kappa shape index (κ3) is 7.81. The summed E-state index contributed by atoms with van der Waals surface area (Å²) in [4.78, 5) is 25.3. The summed E-state index contributed by atoms with van der Waals surface area (Å²) in [6.07, 6.45) is -0.122. The van der Waals surface area contributed by atoms with E-state index in [-0.39, 0.29) is 18.2 Å². The van der Waals surface area contributed by atoms with Gasteiger partial charge in [0.25, 0.3) is 0 Å². The Bertz CT molecular complexity index is 1220. The first-order valence-electron chi connectivity index (χ1n) is 12.9. The van der Waals surface area contributed by atoms with Crippen LogP contribution in [0.5, 0.6) is 5.75 Å². The molecule has 200 valence electrons. The first kappa shape index (κ1) is 27.2. The van der Waals surface area contributed by atoms with Gasteiger partial charge < -0.3 is 19.5 Å². The van der Waals surface area contributed by atoms with Gasteiger partial charge in [-0.1, -0.05) is 60.7 Å². The first-order valence-corrected chi connectivity index (χ1v) is 12.9. The number of benzene rings is 3. The number of carbonyl (C=O) groups excluding carboxylic acids is 2. The van der Waals surface area contributed by atoms with Gasteiger partial charge in [0, 0.05) is 6.42 Å². The Morgan fingerprint density at radius 2 is 1.68 bits per heavy atom. The van der Waals surface area contributed by atoms with Crippen molar-refractivity contribution in [3.05, 3.63) is 101 Å². The molecule has 1 aliphatic heterocycles. The number of hydrogen-bond acceptors (Lipinski definition) is 5. The number of esters is 1. The van der Waals surface area contributed by atoms with Crippen molar-refractivity contribution >= 4 is 12.1 Å². The Balaban J connectivity index is 1.44. The molecule has 1 amide bonds. The number of ether oxygens (including phenoxy) is 3. The average molecular weight is 520 g/mol. The molecule has 3 aromatic rings. The summed E-state index contributed by atoms with van der Waals surface area (Å²) in [5.74, 6) is -0.499. The van der Waals surface area contributed by atoms with Crippen molar-refractivity contribution in [1.29, 1.82) is 0 Å². The van der Waals surface area contributed by atoms with Crippen LogP contribution in [-0.4, -0.2) is 29.8 Å². The molecular weight excluding hydrogens is 485 g/mol. The van der Waals surface area contributed by atoms with Crippen LogP contribution in [-0.2, 0) is 33.7 Å². The van der Waals surface area contributed by atoms with E-state index in [1.54, 1.807) is 39.0 Å². The van der Waals surface area contributed by atoms with Crippen LogP contribution >= 0.6 is 0 Å². The molecule has 7 heteroatoms. The van der Waals surface area contributed by atoms with E-state index in [4.69, 9.17) is 14.2 Å². The Morgan fingerprint density at radius 1 is 1.00 bits per heavy atom. The summed E-state index contributed by atoms with van der Waals surface area (Å²) < 4.78 is 31.2. The highest BCUT2D eigenvalue weighted by Crippen LogP contribution is 2.29. The number of carbonyl (C=O) groups is 2. The molecule has 0 aliphatic carbocycles. The number of cyclic esters (lactones) is 1. The molecule has 0 saturated carbocycles. The zero-order chi connectivity index (χ0) is 27.1. The van der Waals surface area contributed by atoms with Crippen molar-refractivity contribution in [1.82, 2.24) is 5.32 Å². The fourth-order valence-corrected chi connectivity index (χ4v) is 4.46. The molecule has 3 atom stereocenters. The normalized spacial score (nSPS) is 17.9. The molecule has 6 nitrogen and oxygen atoms in total. The third-order valence-corrected chi connectivity index (χ3v) is 6.32. The number of nitrogens with one attached hydrogen (secondary N) is 1. The van der Waals surface area contributed by atoms with Crippen molar-refractivity contribution in [3.8, 4) is 5.75 Å². The van der Waals surface area contributed by atoms with Gasteiger partial charge in [0.05, 0.1) is 12.0 Å². The van der Waals surface area contributed by atoms with Gasteiger partial charge in [-0.05, 0) is 68.5 Å². The van der Waals surface area contributed by atoms with Gasteiger partial charge in [-0.2, -0.15) is 0 Å². The lowest BCUT2D eigenvalue weighted by Gasteiger charge is -2.26. The number of amides is 1. The van der Waals surface area contributed by atoms with Crippen molar-refractivity contribution in [2.24, 2.45) is 5.92 Å². The predicted octanol–water partition coefficient (Wildman–Crippen LogP) is 6.01. The second kappa shape index (κ2) is 12.1. The Hall–Kier alpha value is -3.87. The Kier molecular flexibility index (Phi) is 8.66. The molecule has 1 N–H and O–H groups in total. The number of rotatable bonds is 9. The van der Waals surface area contributed by atoms with Gasteiger partial charge in [-0.25, -0.2) is 9.18 Å². The van der Waals surface area contributed by atoms with E-state index in [0.717, 1.165) is 16.9 Å². The Labute approximate surface area is 223 Å². The summed E-state index contributed by atoms with van der Waals surface area (Å²) >= 11 is 0. The molecule has 1 saturated heterocycles. The number of alkyl carbamates (subject to hydrolysis) is 1. The molecule has 0 spiro atoms. The second-order valence-electron chi connectivity index (χ2n) is 10.6. The number of halogens is 1.